The number of aliphatic hydroxyl groups is 1. The second-order valence-electron chi connectivity index (χ2n) is 8.24. The predicted octanol–water partition coefficient (Wildman–Crippen LogP) is 1.56. The first-order valence-corrected chi connectivity index (χ1v) is 10.4. The highest BCUT2D eigenvalue weighted by Gasteiger charge is 2.43. The van der Waals surface area contributed by atoms with Gasteiger partial charge in [0.05, 0.1) is 17.7 Å². The van der Waals surface area contributed by atoms with Crippen LogP contribution in [0, 0.1) is 18.8 Å². The second kappa shape index (κ2) is 8.02. The maximum Gasteiger partial charge on any atom is 0.253 e. The van der Waals surface area contributed by atoms with Crippen LogP contribution in [0.15, 0.2) is 24.5 Å². The molecule has 8 heteroatoms. The van der Waals surface area contributed by atoms with Gasteiger partial charge in [-0.2, -0.15) is 4.98 Å². The molecule has 2 aliphatic rings. The summed E-state index contributed by atoms with van der Waals surface area (Å²) >= 11 is 0. The first-order chi connectivity index (χ1) is 14.0. The topological polar surface area (TPSA) is 95.3 Å². The van der Waals surface area contributed by atoms with E-state index in [1.807, 2.05) is 43.8 Å². The number of aromatic nitrogens is 3. The summed E-state index contributed by atoms with van der Waals surface area (Å²) in [5, 5.41) is 17.0. The maximum atomic E-state index is 12.7. The van der Waals surface area contributed by atoms with E-state index in [-0.39, 0.29) is 11.9 Å². The van der Waals surface area contributed by atoms with Crippen molar-refractivity contribution in [3.05, 3.63) is 35.8 Å². The van der Waals surface area contributed by atoms with Crippen LogP contribution in [0.2, 0.25) is 0 Å². The zero-order valence-corrected chi connectivity index (χ0v) is 17.3. The van der Waals surface area contributed by atoms with E-state index in [2.05, 4.69) is 25.5 Å². The van der Waals surface area contributed by atoms with Gasteiger partial charge in [0.2, 0.25) is 5.95 Å². The first kappa shape index (κ1) is 19.7. The first-order valence-electron chi connectivity index (χ1n) is 10.4. The van der Waals surface area contributed by atoms with E-state index in [0.29, 0.717) is 23.8 Å². The van der Waals surface area contributed by atoms with Crippen LogP contribution >= 0.6 is 0 Å². The van der Waals surface area contributed by atoms with Crippen molar-refractivity contribution in [3.8, 4) is 0 Å². The number of aliphatic hydroxyl groups excluding tert-OH is 1. The van der Waals surface area contributed by atoms with Crippen LogP contribution in [0.1, 0.15) is 35.8 Å². The Balaban J connectivity index is 1.42. The summed E-state index contributed by atoms with van der Waals surface area (Å²) in [6.45, 7) is 6.48. The van der Waals surface area contributed by atoms with Crippen molar-refractivity contribution in [1.82, 2.24) is 19.9 Å². The molecule has 1 saturated heterocycles. The Hall–Kier alpha value is -2.61. The fourth-order valence-electron chi connectivity index (χ4n) is 4.62. The number of carbonyl (C=O) groups is 1. The van der Waals surface area contributed by atoms with E-state index in [0.717, 1.165) is 43.5 Å². The maximum absolute atomic E-state index is 12.7. The van der Waals surface area contributed by atoms with Crippen molar-refractivity contribution in [1.29, 1.82) is 0 Å². The van der Waals surface area contributed by atoms with Gasteiger partial charge >= 0.3 is 0 Å². The third kappa shape index (κ3) is 3.94. The number of carbonyl (C=O) groups excluding carboxylic acids is 1. The van der Waals surface area contributed by atoms with Crippen LogP contribution in [0.25, 0.3) is 0 Å². The van der Waals surface area contributed by atoms with E-state index in [9.17, 15) is 9.90 Å². The average molecular weight is 399 g/mol. The lowest BCUT2D eigenvalue weighted by atomic mass is 9.77. The molecular weight excluding hydrogens is 368 g/mol. The van der Waals surface area contributed by atoms with E-state index in [1.165, 1.54) is 0 Å². The monoisotopic (exact) mass is 398 g/mol. The number of aryl methyl sites for hydroxylation is 1. The van der Waals surface area contributed by atoms with Gasteiger partial charge in [-0.15, -0.1) is 0 Å². The highest BCUT2D eigenvalue weighted by atomic mass is 16.3. The van der Waals surface area contributed by atoms with Gasteiger partial charge in [-0.3, -0.25) is 4.79 Å². The Morgan fingerprint density at radius 3 is 2.72 bits per heavy atom. The molecule has 4 atom stereocenters. The number of fused-ring (bicyclic) bond motifs is 1. The molecule has 0 unspecified atom stereocenters. The largest absolute Gasteiger partial charge is 0.391 e. The van der Waals surface area contributed by atoms with E-state index in [1.54, 1.807) is 6.20 Å². The lowest BCUT2D eigenvalue weighted by Crippen LogP contribution is -2.49. The van der Waals surface area contributed by atoms with Crippen LogP contribution in [0.5, 0.6) is 0 Å². The molecule has 1 amide bonds. The van der Waals surface area contributed by atoms with Crippen molar-refractivity contribution >= 4 is 17.7 Å². The molecule has 0 aromatic carbocycles. The van der Waals surface area contributed by atoms with Crippen LogP contribution < -0.4 is 15.5 Å². The number of anilines is 2. The zero-order valence-electron chi connectivity index (χ0n) is 17.3. The fourth-order valence-corrected chi connectivity index (χ4v) is 4.62. The molecule has 3 N–H and O–H groups in total. The third-order valence-electron chi connectivity index (χ3n) is 6.37. The standard InChI is InChI=1S/C21H30N6O2/c1-4-22-19-5-7-23-21(25-19)27-11-14-9-17(18(28)10-15(14)12-27)24-20(29)16-6-8-26(3)13(16)2/h5-8,14-15,17-18,28H,4,9-12H2,1-3H3,(H,24,29)(H,22,23,25)/t14-,15+,17-,18-/m0/s1. The van der Waals surface area contributed by atoms with Crippen molar-refractivity contribution in [2.24, 2.45) is 18.9 Å². The Bertz CT molecular complexity index is 882. The minimum Gasteiger partial charge on any atom is -0.391 e. The molecule has 3 heterocycles. The molecule has 1 saturated carbocycles. The second-order valence-corrected chi connectivity index (χ2v) is 8.24. The van der Waals surface area contributed by atoms with E-state index >= 15 is 0 Å². The van der Waals surface area contributed by atoms with Gasteiger partial charge in [0, 0.05) is 44.8 Å². The zero-order chi connectivity index (χ0) is 20.5. The summed E-state index contributed by atoms with van der Waals surface area (Å²) in [6.07, 6.45) is 4.59. The summed E-state index contributed by atoms with van der Waals surface area (Å²) in [5.74, 6) is 2.25. The van der Waals surface area contributed by atoms with Crippen molar-refractivity contribution in [2.75, 3.05) is 29.9 Å². The molecule has 8 nitrogen and oxygen atoms in total. The van der Waals surface area contributed by atoms with E-state index < -0.39 is 6.10 Å². The molecule has 156 valence electrons. The van der Waals surface area contributed by atoms with Gasteiger partial charge in [0.1, 0.15) is 5.82 Å². The van der Waals surface area contributed by atoms with Crippen molar-refractivity contribution in [2.45, 2.75) is 38.8 Å². The van der Waals surface area contributed by atoms with Crippen LogP contribution in [-0.2, 0) is 7.05 Å². The fraction of sp³-hybridized carbons (Fsp3) is 0.571. The number of nitrogens with one attached hydrogen (secondary N) is 2. The number of nitrogens with zero attached hydrogens (tertiary/aromatic N) is 4. The lowest BCUT2D eigenvalue weighted by molar-refractivity contribution is 0.0462. The smallest absolute Gasteiger partial charge is 0.253 e. The summed E-state index contributed by atoms with van der Waals surface area (Å²) in [5.41, 5.74) is 1.60. The van der Waals surface area contributed by atoms with Crippen LogP contribution in [0.4, 0.5) is 11.8 Å². The van der Waals surface area contributed by atoms with Gasteiger partial charge < -0.3 is 25.2 Å². The van der Waals surface area contributed by atoms with E-state index in [4.69, 9.17) is 0 Å². The number of hydrogen-bond acceptors (Lipinski definition) is 6. The molecule has 0 radical (unpaired) electrons. The third-order valence-corrected chi connectivity index (χ3v) is 6.37. The number of rotatable bonds is 5. The van der Waals surface area contributed by atoms with Gasteiger partial charge in [0.25, 0.3) is 5.91 Å². The Kier molecular flexibility index (Phi) is 5.45. The quantitative estimate of drug-likeness (QED) is 0.708. The van der Waals surface area contributed by atoms with Crippen LogP contribution in [0.3, 0.4) is 0 Å². The minimum atomic E-state index is -0.529. The normalized spacial score (nSPS) is 26.3. The predicted molar refractivity (Wildman–Crippen MR) is 112 cm³/mol. The highest BCUT2D eigenvalue weighted by Crippen LogP contribution is 2.37. The Labute approximate surface area is 171 Å². The summed E-state index contributed by atoms with van der Waals surface area (Å²) in [7, 11) is 1.92. The molecule has 1 aliphatic heterocycles. The molecule has 29 heavy (non-hydrogen) atoms. The molecular formula is C21H30N6O2. The molecule has 4 rings (SSSR count). The van der Waals surface area contributed by atoms with Gasteiger partial charge in [0.15, 0.2) is 0 Å². The van der Waals surface area contributed by atoms with Crippen molar-refractivity contribution < 1.29 is 9.90 Å². The van der Waals surface area contributed by atoms with Crippen molar-refractivity contribution in [3.63, 3.8) is 0 Å². The average Bonchev–Trinajstić information content (AvgIpc) is 3.26. The molecule has 0 bridgehead atoms. The molecule has 2 fully saturated rings. The highest BCUT2D eigenvalue weighted by molar-refractivity contribution is 5.95. The molecule has 2 aromatic rings. The van der Waals surface area contributed by atoms with Crippen LogP contribution in [-0.4, -0.2) is 57.3 Å². The summed E-state index contributed by atoms with van der Waals surface area (Å²) in [6, 6.07) is 3.48. The lowest BCUT2D eigenvalue weighted by Gasteiger charge is -2.35. The Morgan fingerprint density at radius 2 is 2.03 bits per heavy atom. The molecule has 2 aromatic heterocycles. The summed E-state index contributed by atoms with van der Waals surface area (Å²) in [4.78, 5) is 23.9. The number of amides is 1. The minimum absolute atomic E-state index is 0.109. The molecule has 1 aliphatic carbocycles. The molecule has 0 spiro atoms. The SMILES string of the molecule is CCNc1ccnc(N2C[C@H]3C[C@H](O)[C@@H](NC(=O)c4ccn(C)c4C)C[C@H]3C2)n1. The van der Waals surface area contributed by atoms with Gasteiger partial charge in [-0.1, -0.05) is 0 Å². The number of hydrogen-bond donors (Lipinski definition) is 3. The Morgan fingerprint density at radius 1 is 1.28 bits per heavy atom. The van der Waals surface area contributed by atoms with Gasteiger partial charge in [-0.05, 0) is 50.7 Å². The van der Waals surface area contributed by atoms with Gasteiger partial charge in [-0.25, -0.2) is 4.98 Å². The summed E-state index contributed by atoms with van der Waals surface area (Å²) < 4.78 is 1.93.